The smallest absolute Gasteiger partial charge is 0.351 e. The number of aliphatic hydroxyl groups excluding tert-OH is 1. The van der Waals surface area contributed by atoms with E-state index in [0.717, 1.165) is 6.42 Å². The van der Waals surface area contributed by atoms with Crippen molar-refractivity contribution in [3.05, 3.63) is 129 Å². The Morgan fingerprint density at radius 2 is 1.30 bits per heavy atom. The van der Waals surface area contributed by atoms with Crippen LogP contribution in [-0.2, 0) is 9.16 Å². The number of nitriles is 1. The molecule has 15 heteroatoms. The van der Waals surface area contributed by atoms with Crippen molar-refractivity contribution < 1.29 is 42.2 Å². The monoisotopic (exact) mass is 1030 g/mol. The molecule has 2 fully saturated rings. The third-order valence-corrected chi connectivity index (χ3v) is 20.6. The highest BCUT2D eigenvalue weighted by molar-refractivity contribution is 6.74. The van der Waals surface area contributed by atoms with Gasteiger partial charge in [-0.15, -0.1) is 0 Å². The molecule has 1 N–H and O–H groups in total. The van der Waals surface area contributed by atoms with E-state index < -0.39 is 60.8 Å². The molecule has 0 radical (unpaired) electrons. The molecule has 0 saturated heterocycles. The second-order valence-electron chi connectivity index (χ2n) is 22.2. The minimum Gasteiger partial charge on any atom is -0.483 e. The molecule has 9 atom stereocenters. The second-order valence-corrected chi connectivity index (χ2v) is 27.0. The molecule has 4 aliphatic rings. The van der Waals surface area contributed by atoms with Crippen LogP contribution in [0.1, 0.15) is 148 Å². The van der Waals surface area contributed by atoms with Crippen LogP contribution in [0.3, 0.4) is 0 Å². The molecule has 74 heavy (non-hydrogen) atoms. The van der Waals surface area contributed by atoms with Gasteiger partial charge in [0.1, 0.15) is 51.5 Å². The molecule has 4 aromatic heterocycles. The number of hydrogen-bond donors (Lipinski definition) is 1. The number of esters is 1. The lowest BCUT2D eigenvalue weighted by atomic mass is 9.63. The average molecular weight is 1030 g/mol. The Morgan fingerprint density at radius 1 is 0.770 bits per heavy atom. The molecule has 0 spiro atoms. The summed E-state index contributed by atoms with van der Waals surface area (Å²) in [6.45, 7) is 23.5. The summed E-state index contributed by atoms with van der Waals surface area (Å²) in [6.07, 6.45) is 7.05. The number of ether oxygens (including phenoxy) is 3. The first-order valence-electron chi connectivity index (χ1n) is 24.6. The normalized spacial score (nSPS) is 25.7. The van der Waals surface area contributed by atoms with Gasteiger partial charge in [0.2, 0.25) is 0 Å². The van der Waals surface area contributed by atoms with E-state index in [4.69, 9.17) is 32.7 Å². The quantitative estimate of drug-likeness (QED) is 0.114. The predicted octanol–water partition coefficient (Wildman–Crippen LogP) is 12.7. The molecule has 1 aromatic carbocycles. The number of fused-ring (bicyclic) bond motifs is 4. The van der Waals surface area contributed by atoms with E-state index in [1.807, 2.05) is 26.0 Å². The van der Waals surface area contributed by atoms with Gasteiger partial charge in [0.05, 0.1) is 35.3 Å². The standard InChI is InChI=1S/C29H28N2O6.C27H37NO5Si.3CH4/c1-16(2)20-11-21-26(32)25-23(13-22(35-28(25)34)19-5-4-10-31-15-19)37-29(21,3)24(12-20)36-27(33)18-8-6-17(14-30)7-9-18;1-16(2)18-12-19-24(29)23-21(14-20(31-25(23)30)17-10-9-11-28-15-17)32-27(19,6)22(13-18)33-34(7,8)26(3,4)5;;;/h4-10,13,15-16,20-21,24,26,32H,11-12H2,1-3H3;9-11,14-16,18-19,22H,12-13H2,1-8H3;3*1H4/t20-,21-,24-,26-,29-;18-,19-,22-,27-;;;/m00.../s1. The molecule has 9 rings (SSSR count). The minimum absolute atomic E-state index is 0. The number of Topliss-reactive ketones (excluding diaryl/α,β-unsaturated/α-hetero) is 1. The number of hydrogen-bond acceptors (Lipinski definition) is 14. The summed E-state index contributed by atoms with van der Waals surface area (Å²) in [5.41, 5.74) is -1.14. The van der Waals surface area contributed by atoms with Crippen molar-refractivity contribution in [1.82, 2.24) is 9.97 Å². The maximum Gasteiger partial charge on any atom is 0.351 e. The lowest BCUT2D eigenvalue weighted by Gasteiger charge is -2.54. The van der Waals surface area contributed by atoms with Gasteiger partial charge < -0.3 is 32.6 Å². The minimum atomic E-state index is -2.15. The first-order chi connectivity index (χ1) is 33.4. The van der Waals surface area contributed by atoms with E-state index in [1.165, 1.54) is 0 Å². The zero-order valence-corrected chi connectivity index (χ0v) is 43.5. The van der Waals surface area contributed by atoms with Crippen molar-refractivity contribution in [2.75, 3.05) is 0 Å². The van der Waals surface area contributed by atoms with Gasteiger partial charge in [-0.2, -0.15) is 5.26 Å². The maximum atomic E-state index is 13.8. The lowest BCUT2D eigenvalue weighted by Crippen LogP contribution is -2.64. The molecule has 2 aliphatic heterocycles. The van der Waals surface area contributed by atoms with Crippen molar-refractivity contribution in [3.8, 4) is 40.2 Å². The van der Waals surface area contributed by atoms with Crippen LogP contribution in [0.25, 0.3) is 22.6 Å². The Bertz CT molecular complexity index is 2940. The number of rotatable bonds is 8. The molecule has 0 amide bonds. The molecular weight excluding hydrogens is 955 g/mol. The molecule has 0 bridgehead atoms. The fourth-order valence-electron chi connectivity index (χ4n) is 10.4. The zero-order valence-electron chi connectivity index (χ0n) is 42.5. The number of ketones is 1. The van der Waals surface area contributed by atoms with E-state index in [1.54, 1.807) is 79.4 Å². The second kappa shape index (κ2) is 22.3. The Balaban J connectivity index is 0.000000264. The zero-order chi connectivity index (χ0) is 51.4. The number of aliphatic hydroxyl groups is 1. The van der Waals surface area contributed by atoms with Crippen molar-refractivity contribution >= 4 is 20.1 Å². The number of carbonyl (C=O) groups is 2. The Morgan fingerprint density at radius 3 is 1.82 bits per heavy atom. The summed E-state index contributed by atoms with van der Waals surface area (Å²) >= 11 is 0. The summed E-state index contributed by atoms with van der Waals surface area (Å²) < 4.78 is 37.2. The summed E-state index contributed by atoms with van der Waals surface area (Å²) in [5, 5.41) is 20.5. The van der Waals surface area contributed by atoms with Crippen LogP contribution < -0.4 is 20.7 Å². The van der Waals surface area contributed by atoms with Crippen LogP contribution in [0.5, 0.6) is 11.5 Å². The van der Waals surface area contributed by atoms with E-state index in [0.29, 0.717) is 59.1 Å². The molecule has 2 saturated carbocycles. The molecule has 2 aliphatic carbocycles. The highest BCUT2D eigenvalue weighted by Gasteiger charge is 2.60. The number of carbonyl (C=O) groups excluding carboxylic acids is 2. The Kier molecular flexibility index (Phi) is 17.7. The van der Waals surface area contributed by atoms with Gasteiger partial charge in [-0.3, -0.25) is 14.8 Å². The lowest BCUT2D eigenvalue weighted by molar-refractivity contribution is -0.170. The predicted molar refractivity (Wildman–Crippen MR) is 289 cm³/mol. The van der Waals surface area contributed by atoms with Gasteiger partial charge in [0.25, 0.3) is 0 Å². The van der Waals surface area contributed by atoms with E-state index in [2.05, 4.69) is 71.5 Å². The van der Waals surface area contributed by atoms with Crippen molar-refractivity contribution in [3.63, 3.8) is 0 Å². The SMILES string of the molecule is C.C.C.CC(C)[C@@H]1C[C@H](OC(=O)c2ccc(C#N)cc2)[C@@]2(C)Oc3cc(-c4cccnc4)oc(=O)c3[C@@H](O)[C@@H]2C1.CC(C)[C@@H]1C[C@H](O[Si](C)(C)C(C)(C)C)[C@@]2(C)Oc3cc(-c4cccnc4)oc(=O)c3C(=O)[C@@H]2C1. The van der Waals surface area contributed by atoms with Crippen molar-refractivity contribution in [2.24, 2.45) is 35.5 Å². The van der Waals surface area contributed by atoms with Crippen LogP contribution in [0.2, 0.25) is 18.1 Å². The molecule has 398 valence electrons. The van der Waals surface area contributed by atoms with Crippen LogP contribution in [0, 0.1) is 46.8 Å². The van der Waals surface area contributed by atoms with Crippen LogP contribution >= 0.6 is 0 Å². The third kappa shape index (κ3) is 11.1. The van der Waals surface area contributed by atoms with Crippen LogP contribution in [-0.4, -0.2) is 58.6 Å². The number of benzene rings is 1. The Hall–Kier alpha value is -6.21. The summed E-state index contributed by atoms with van der Waals surface area (Å²) in [7, 11) is -2.15. The maximum absolute atomic E-state index is 13.8. The summed E-state index contributed by atoms with van der Waals surface area (Å²) in [4.78, 5) is 61.1. The van der Waals surface area contributed by atoms with Crippen LogP contribution in [0.4, 0.5) is 0 Å². The average Bonchev–Trinajstić information content (AvgIpc) is 3.32. The molecule has 0 unspecified atom stereocenters. The number of pyridine rings is 2. The molecular formula is C59H77N3O11Si. The van der Waals surface area contributed by atoms with Gasteiger partial charge in [-0.1, -0.05) is 70.7 Å². The van der Waals surface area contributed by atoms with Crippen LogP contribution in [0.15, 0.2) is 104 Å². The van der Waals surface area contributed by atoms with E-state index in [-0.39, 0.29) is 79.4 Å². The van der Waals surface area contributed by atoms with Gasteiger partial charge in [-0.25, -0.2) is 14.4 Å². The summed E-state index contributed by atoms with van der Waals surface area (Å²) in [6, 6.07) is 18.6. The van der Waals surface area contributed by atoms with Crippen molar-refractivity contribution in [1.29, 1.82) is 5.26 Å². The fourth-order valence-corrected chi connectivity index (χ4v) is 11.8. The van der Waals surface area contributed by atoms with Gasteiger partial charge in [0, 0.05) is 54.0 Å². The van der Waals surface area contributed by atoms with Crippen molar-refractivity contribution in [2.45, 2.75) is 158 Å². The first kappa shape index (κ1) is 58.7. The fraction of sp³-hybridized carbons (Fsp3) is 0.508. The van der Waals surface area contributed by atoms with Gasteiger partial charge in [-0.05, 0) is 130 Å². The molecule has 14 nitrogen and oxygen atoms in total. The first-order valence-corrected chi connectivity index (χ1v) is 27.5. The highest BCUT2D eigenvalue weighted by Crippen LogP contribution is 2.54. The largest absolute Gasteiger partial charge is 0.483 e. The summed E-state index contributed by atoms with van der Waals surface area (Å²) in [5.74, 6) is 0.534. The topological polar surface area (TPSA) is 201 Å². The number of nitrogens with zero attached hydrogens (tertiary/aromatic N) is 3. The highest BCUT2D eigenvalue weighted by atomic mass is 28.4. The van der Waals surface area contributed by atoms with Gasteiger partial charge >= 0.3 is 17.2 Å². The molecule has 6 heterocycles. The molecule has 5 aromatic rings. The number of aromatic nitrogens is 2. The van der Waals surface area contributed by atoms with Gasteiger partial charge in [0.15, 0.2) is 14.1 Å². The van der Waals surface area contributed by atoms with E-state index >= 15 is 0 Å². The third-order valence-electron chi connectivity index (χ3n) is 16.1. The van der Waals surface area contributed by atoms with E-state index in [9.17, 15) is 24.3 Å². The Labute approximate surface area is 438 Å².